The molecule has 3 heteroatoms. The van der Waals surface area contributed by atoms with Crippen molar-refractivity contribution in [3.8, 4) is 5.88 Å². The third-order valence-electron chi connectivity index (χ3n) is 1.18. The molecule has 2 N–H and O–H groups in total. The average molecular weight is 126 g/mol. The number of aromatic amines is 1. The van der Waals surface area contributed by atoms with Crippen LogP contribution in [-0.2, 0) is 0 Å². The van der Waals surface area contributed by atoms with Crippen LogP contribution in [-0.4, -0.2) is 15.3 Å². The van der Waals surface area contributed by atoms with Gasteiger partial charge in [-0.3, -0.25) is 0 Å². The monoisotopic (exact) mass is 126 g/mol. The highest BCUT2D eigenvalue weighted by atomic mass is 16.3. The molecule has 3 nitrogen and oxygen atoms in total. The second-order valence-corrected chi connectivity index (χ2v) is 2.33. The van der Waals surface area contributed by atoms with Crippen molar-refractivity contribution >= 4 is 0 Å². The largest absolute Gasteiger partial charge is 0.494 e. The molecule has 1 rings (SSSR count). The highest BCUT2D eigenvalue weighted by Crippen LogP contribution is 2.14. The van der Waals surface area contributed by atoms with E-state index in [1.54, 1.807) is 6.07 Å². The summed E-state index contributed by atoms with van der Waals surface area (Å²) in [5.41, 5.74) is 0.896. The Hall–Kier alpha value is -0.990. The molecule has 0 fully saturated rings. The molecule has 1 heterocycles. The molecule has 0 saturated carbocycles. The first-order valence-electron chi connectivity index (χ1n) is 2.94. The zero-order chi connectivity index (χ0) is 6.85. The van der Waals surface area contributed by atoms with E-state index in [-0.39, 0.29) is 5.88 Å². The van der Waals surface area contributed by atoms with Crippen molar-refractivity contribution < 1.29 is 5.11 Å². The Balaban J connectivity index is 2.85. The third kappa shape index (κ3) is 1.22. The number of H-pyrrole nitrogens is 1. The predicted molar refractivity (Wildman–Crippen MR) is 34.3 cm³/mol. The van der Waals surface area contributed by atoms with E-state index in [1.807, 2.05) is 13.8 Å². The Labute approximate surface area is 53.7 Å². The lowest BCUT2D eigenvalue weighted by atomic mass is 10.1. The smallest absolute Gasteiger partial charge is 0.206 e. The normalized spacial score (nSPS) is 10.6. The summed E-state index contributed by atoms with van der Waals surface area (Å²) in [7, 11) is 0. The van der Waals surface area contributed by atoms with E-state index in [4.69, 9.17) is 5.11 Å². The van der Waals surface area contributed by atoms with Crippen LogP contribution in [0.1, 0.15) is 25.5 Å². The van der Waals surface area contributed by atoms with Gasteiger partial charge in [0, 0.05) is 6.07 Å². The summed E-state index contributed by atoms with van der Waals surface area (Å²) in [6, 6.07) is 1.63. The number of nitrogens with zero attached hydrogens (tertiary/aromatic N) is 1. The van der Waals surface area contributed by atoms with Crippen LogP contribution in [0.3, 0.4) is 0 Å². The van der Waals surface area contributed by atoms with E-state index in [9.17, 15) is 0 Å². The van der Waals surface area contributed by atoms with Gasteiger partial charge in [0.05, 0.1) is 5.69 Å². The second-order valence-electron chi connectivity index (χ2n) is 2.33. The van der Waals surface area contributed by atoms with Crippen molar-refractivity contribution in [2.45, 2.75) is 19.8 Å². The van der Waals surface area contributed by atoms with Gasteiger partial charge in [-0.05, 0) is 5.92 Å². The molecule has 0 bridgehead atoms. The lowest BCUT2D eigenvalue weighted by Crippen LogP contribution is -1.85. The van der Waals surface area contributed by atoms with Gasteiger partial charge < -0.3 is 5.11 Å². The van der Waals surface area contributed by atoms with Gasteiger partial charge in [0.1, 0.15) is 0 Å². The Morgan fingerprint density at radius 3 is 2.56 bits per heavy atom. The maximum Gasteiger partial charge on any atom is 0.206 e. The van der Waals surface area contributed by atoms with Crippen LogP contribution < -0.4 is 0 Å². The molecule has 0 spiro atoms. The van der Waals surface area contributed by atoms with Crippen molar-refractivity contribution in [1.29, 1.82) is 0 Å². The molecule has 9 heavy (non-hydrogen) atoms. The van der Waals surface area contributed by atoms with Crippen LogP contribution in [0.15, 0.2) is 6.07 Å². The average Bonchev–Trinajstić information content (AvgIpc) is 2.14. The van der Waals surface area contributed by atoms with Crippen molar-refractivity contribution in [3.05, 3.63) is 11.8 Å². The van der Waals surface area contributed by atoms with Crippen molar-refractivity contribution in [2.24, 2.45) is 0 Å². The number of hydrogen-bond donors (Lipinski definition) is 2. The fraction of sp³-hybridized carbons (Fsp3) is 0.500. The molecule has 0 unspecified atom stereocenters. The number of rotatable bonds is 1. The van der Waals surface area contributed by atoms with E-state index < -0.39 is 0 Å². The summed E-state index contributed by atoms with van der Waals surface area (Å²) in [6.45, 7) is 4.05. The van der Waals surface area contributed by atoms with Crippen LogP contribution in [0.2, 0.25) is 0 Å². The minimum atomic E-state index is 0.138. The summed E-state index contributed by atoms with van der Waals surface area (Å²) in [6.07, 6.45) is 0. The Morgan fingerprint density at radius 1 is 1.67 bits per heavy atom. The van der Waals surface area contributed by atoms with Gasteiger partial charge in [-0.2, -0.15) is 5.10 Å². The number of aromatic nitrogens is 2. The second kappa shape index (κ2) is 2.09. The summed E-state index contributed by atoms with van der Waals surface area (Å²) in [5.74, 6) is 0.515. The molecule has 0 atom stereocenters. The molecule has 50 valence electrons. The van der Waals surface area contributed by atoms with E-state index >= 15 is 0 Å². The van der Waals surface area contributed by atoms with Crippen molar-refractivity contribution in [3.63, 3.8) is 0 Å². The first kappa shape index (κ1) is 6.13. The van der Waals surface area contributed by atoms with Crippen LogP contribution in [0.5, 0.6) is 5.88 Å². The van der Waals surface area contributed by atoms with Gasteiger partial charge in [0.25, 0.3) is 0 Å². The first-order valence-corrected chi connectivity index (χ1v) is 2.94. The molecular weight excluding hydrogens is 116 g/mol. The minimum absolute atomic E-state index is 0.138. The van der Waals surface area contributed by atoms with Crippen LogP contribution in [0.4, 0.5) is 0 Å². The standard InChI is InChI=1S/C6H10N2O/c1-4(2)5-3-6(9)8-7-5/h3-4H,1-2H3,(H2,7,8,9). The Kier molecular flexibility index (Phi) is 1.42. The number of nitrogens with one attached hydrogen (secondary N) is 1. The third-order valence-corrected chi connectivity index (χ3v) is 1.18. The maximum absolute atomic E-state index is 8.78. The summed E-state index contributed by atoms with van der Waals surface area (Å²) in [4.78, 5) is 0. The topological polar surface area (TPSA) is 48.9 Å². The van der Waals surface area contributed by atoms with Gasteiger partial charge in [-0.25, -0.2) is 5.10 Å². The van der Waals surface area contributed by atoms with Gasteiger partial charge in [0.15, 0.2) is 0 Å². The molecular formula is C6H10N2O. The van der Waals surface area contributed by atoms with Gasteiger partial charge >= 0.3 is 0 Å². The highest BCUT2D eigenvalue weighted by molar-refractivity contribution is 5.14. The summed E-state index contributed by atoms with van der Waals surface area (Å²) in [5, 5.41) is 15.1. The fourth-order valence-corrected chi connectivity index (χ4v) is 0.622. The zero-order valence-electron chi connectivity index (χ0n) is 5.55. The lowest BCUT2D eigenvalue weighted by Gasteiger charge is -1.93. The lowest BCUT2D eigenvalue weighted by molar-refractivity contribution is 0.452. The molecule has 0 amide bonds. The fourth-order valence-electron chi connectivity index (χ4n) is 0.622. The van der Waals surface area contributed by atoms with Crippen molar-refractivity contribution in [1.82, 2.24) is 10.2 Å². The number of aromatic hydroxyl groups is 1. The first-order chi connectivity index (χ1) is 4.20. The van der Waals surface area contributed by atoms with Crippen LogP contribution in [0.25, 0.3) is 0 Å². The van der Waals surface area contributed by atoms with E-state index in [2.05, 4.69) is 10.2 Å². The predicted octanol–water partition coefficient (Wildman–Crippen LogP) is 1.24. The molecule has 0 aliphatic heterocycles. The molecule has 1 aromatic heterocycles. The van der Waals surface area contributed by atoms with Crippen LogP contribution in [0, 0.1) is 0 Å². The summed E-state index contributed by atoms with van der Waals surface area (Å²) >= 11 is 0. The summed E-state index contributed by atoms with van der Waals surface area (Å²) < 4.78 is 0. The van der Waals surface area contributed by atoms with Crippen molar-refractivity contribution in [2.75, 3.05) is 0 Å². The quantitative estimate of drug-likeness (QED) is 0.594. The molecule has 1 aromatic rings. The SMILES string of the molecule is CC(C)c1cc(O)[nH]n1. The van der Waals surface area contributed by atoms with E-state index in [1.165, 1.54) is 0 Å². The van der Waals surface area contributed by atoms with Gasteiger partial charge in [0.2, 0.25) is 5.88 Å². The van der Waals surface area contributed by atoms with Gasteiger partial charge in [-0.1, -0.05) is 13.8 Å². The number of hydrogen-bond acceptors (Lipinski definition) is 2. The van der Waals surface area contributed by atoms with Crippen LogP contribution >= 0.6 is 0 Å². The molecule has 0 aliphatic rings. The van der Waals surface area contributed by atoms with Gasteiger partial charge in [-0.15, -0.1) is 0 Å². The molecule has 0 radical (unpaired) electrons. The molecule has 0 aliphatic carbocycles. The Morgan fingerprint density at radius 2 is 2.33 bits per heavy atom. The maximum atomic E-state index is 8.78. The minimum Gasteiger partial charge on any atom is -0.494 e. The highest BCUT2D eigenvalue weighted by Gasteiger charge is 2.01. The van der Waals surface area contributed by atoms with E-state index in [0.29, 0.717) is 5.92 Å². The molecule has 0 aromatic carbocycles. The van der Waals surface area contributed by atoms with E-state index in [0.717, 1.165) is 5.69 Å². The zero-order valence-corrected chi connectivity index (χ0v) is 5.55. The Bertz CT molecular complexity index is 193. The molecule has 0 saturated heterocycles.